The minimum Gasteiger partial charge on any atom is -0.676 e. The number of hydrogen-bond acceptors (Lipinski definition) is 2. The molecule has 0 saturated carbocycles. The minimum atomic E-state index is -0.529. The summed E-state index contributed by atoms with van der Waals surface area (Å²) in [7, 11) is 0. The molecule has 1 aromatic rings. The van der Waals surface area contributed by atoms with Gasteiger partial charge in [-0.2, -0.15) is 0 Å². The molecule has 1 amide bonds. The van der Waals surface area contributed by atoms with Gasteiger partial charge in [0.25, 0.3) is 0 Å². The highest BCUT2D eigenvalue weighted by atomic mass is 16.2. The fourth-order valence-electron chi connectivity index (χ4n) is 1.28. The molecule has 0 aliphatic rings. The van der Waals surface area contributed by atoms with E-state index in [1.54, 1.807) is 0 Å². The molecule has 0 spiro atoms. The Hall–Kier alpha value is -1.39. The Bertz CT molecular complexity index is 300. The van der Waals surface area contributed by atoms with E-state index in [0.29, 0.717) is 13.0 Å². The van der Waals surface area contributed by atoms with Crippen LogP contribution in [-0.2, 0) is 11.2 Å². The quantitative estimate of drug-likeness (QED) is 0.744. The van der Waals surface area contributed by atoms with Gasteiger partial charge in [0.15, 0.2) is 0 Å². The molecule has 0 bridgehead atoms. The van der Waals surface area contributed by atoms with Crippen molar-refractivity contribution < 1.29 is 4.79 Å². The second kappa shape index (κ2) is 6.16. The van der Waals surface area contributed by atoms with Crippen molar-refractivity contribution in [3.63, 3.8) is 0 Å². The van der Waals surface area contributed by atoms with Crippen LogP contribution in [0, 0.1) is 0 Å². The first kappa shape index (κ1) is 11.7. The molecule has 0 unspecified atom stereocenters. The average molecular weight is 206 g/mol. The highest BCUT2D eigenvalue weighted by Gasteiger charge is 2.12. The predicted molar refractivity (Wildman–Crippen MR) is 60.3 cm³/mol. The molecule has 1 rings (SSSR count). The van der Waals surface area contributed by atoms with Crippen molar-refractivity contribution in [3.05, 3.63) is 41.6 Å². The van der Waals surface area contributed by atoms with Gasteiger partial charge in [0, 0.05) is 0 Å². The summed E-state index contributed by atoms with van der Waals surface area (Å²) in [6.45, 7) is 0.547. The molecule has 0 saturated heterocycles. The summed E-state index contributed by atoms with van der Waals surface area (Å²) < 4.78 is 0. The first-order valence-corrected chi connectivity index (χ1v) is 4.96. The summed E-state index contributed by atoms with van der Waals surface area (Å²) in [5, 5.41) is 2.60. The molecular weight excluding hydrogens is 190 g/mol. The van der Waals surface area contributed by atoms with Gasteiger partial charge in [-0.15, -0.1) is 6.54 Å². The highest BCUT2D eigenvalue weighted by Crippen LogP contribution is 2.01. The summed E-state index contributed by atoms with van der Waals surface area (Å²) in [4.78, 5) is 11.4. The third kappa shape index (κ3) is 4.10. The third-order valence-electron chi connectivity index (χ3n) is 2.06. The Kier molecular flexibility index (Phi) is 4.80. The Balaban J connectivity index is 2.41. The van der Waals surface area contributed by atoms with Gasteiger partial charge in [0.2, 0.25) is 5.91 Å². The van der Waals surface area contributed by atoms with Crippen LogP contribution in [0.25, 0.3) is 5.73 Å². The number of carbonyl (C=O) groups is 1. The van der Waals surface area contributed by atoms with E-state index in [4.69, 9.17) is 11.5 Å². The van der Waals surface area contributed by atoms with Gasteiger partial charge in [0.1, 0.15) is 0 Å². The van der Waals surface area contributed by atoms with Crippen LogP contribution in [0.3, 0.4) is 0 Å². The zero-order valence-electron chi connectivity index (χ0n) is 8.57. The van der Waals surface area contributed by atoms with E-state index in [2.05, 4.69) is 5.32 Å². The van der Waals surface area contributed by atoms with E-state index >= 15 is 0 Å². The third-order valence-corrected chi connectivity index (χ3v) is 2.06. The first-order valence-electron chi connectivity index (χ1n) is 4.96. The summed E-state index contributed by atoms with van der Waals surface area (Å²) >= 11 is 0. The lowest BCUT2D eigenvalue weighted by Crippen LogP contribution is -2.42. The average Bonchev–Trinajstić information content (AvgIpc) is 2.27. The van der Waals surface area contributed by atoms with Crippen LogP contribution in [0.4, 0.5) is 0 Å². The van der Waals surface area contributed by atoms with Gasteiger partial charge in [-0.1, -0.05) is 30.3 Å². The van der Waals surface area contributed by atoms with E-state index in [-0.39, 0.29) is 12.5 Å². The van der Waals surface area contributed by atoms with E-state index in [1.165, 1.54) is 0 Å². The largest absolute Gasteiger partial charge is 0.676 e. The van der Waals surface area contributed by atoms with Crippen molar-refractivity contribution in [3.8, 4) is 0 Å². The van der Waals surface area contributed by atoms with Crippen molar-refractivity contribution in [2.75, 3.05) is 13.1 Å². The smallest absolute Gasteiger partial charge is 0.237 e. The standard InChI is InChI=1S/C11H16N3O/c12-6-7-14-11(15)10(13)8-9-4-2-1-3-5-9/h1-5,10,12H,6-8,13H2,(H,14,15)/q-1/t10-/m0/s1. The SMILES string of the molecule is [NH-]CCNC(=O)[C@@H](N)Cc1ccccc1. The fraction of sp³-hybridized carbons (Fsp3) is 0.364. The van der Waals surface area contributed by atoms with Crippen molar-refractivity contribution >= 4 is 5.91 Å². The molecule has 1 aromatic carbocycles. The molecular formula is C11H16N3O-. The summed E-state index contributed by atoms with van der Waals surface area (Å²) in [6.07, 6.45) is 0.532. The Morgan fingerprint density at radius 3 is 2.67 bits per heavy atom. The van der Waals surface area contributed by atoms with Gasteiger partial charge < -0.3 is 16.8 Å². The maximum atomic E-state index is 11.4. The zero-order valence-corrected chi connectivity index (χ0v) is 8.57. The van der Waals surface area contributed by atoms with Crippen LogP contribution in [0.1, 0.15) is 5.56 Å². The van der Waals surface area contributed by atoms with Gasteiger partial charge in [-0.25, -0.2) is 0 Å². The number of hydrogen-bond donors (Lipinski definition) is 2. The Labute approximate surface area is 89.6 Å². The van der Waals surface area contributed by atoms with Gasteiger partial charge >= 0.3 is 0 Å². The Morgan fingerprint density at radius 1 is 1.40 bits per heavy atom. The minimum absolute atomic E-state index is 0.184. The van der Waals surface area contributed by atoms with Crippen LogP contribution in [-0.4, -0.2) is 25.0 Å². The van der Waals surface area contributed by atoms with Crippen LogP contribution in [0.2, 0.25) is 0 Å². The number of nitrogens with one attached hydrogen (secondary N) is 2. The second-order valence-electron chi connectivity index (χ2n) is 3.34. The van der Waals surface area contributed by atoms with Crippen LogP contribution >= 0.6 is 0 Å². The number of nitrogens with two attached hydrogens (primary N) is 1. The zero-order chi connectivity index (χ0) is 11.1. The van der Waals surface area contributed by atoms with E-state index in [1.807, 2.05) is 30.3 Å². The molecule has 4 nitrogen and oxygen atoms in total. The van der Waals surface area contributed by atoms with Gasteiger partial charge in [-0.05, 0) is 18.5 Å². The molecule has 1 atom stereocenters. The molecule has 4 N–H and O–H groups in total. The number of benzene rings is 1. The fourth-order valence-corrected chi connectivity index (χ4v) is 1.28. The molecule has 0 fully saturated rings. The molecule has 82 valence electrons. The molecule has 0 heterocycles. The van der Waals surface area contributed by atoms with Crippen molar-refractivity contribution in [2.24, 2.45) is 5.73 Å². The summed E-state index contributed by atoms with van der Waals surface area (Å²) in [5.41, 5.74) is 13.7. The molecule has 0 aliphatic carbocycles. The number of carbonyl (C=O) groups excluding carboxylic acids is 1. The lowest BCUT2D eigenvalue weighted by molar-refractivity contribution is -0.122. The number of rotatable bonds is 5. The van der Waals surface area contributed by atoms with E-state index in [0.717, 1.165) is 5.56 Å². The van der Waals surface area contributed by atoms with Gasteiger partial charge in [0.05, 0.1) is 6.04 Å². The molecule has 0 aliphatic heterocycles. The monoisotopic (exact) mass is 206 g/mol. The molecule has 4 heteroatoms. The van der Waals surface area contributed by atoms with Crippen LogP contribution in [0.15, 0.2) is 30.3 Å². The van der Waals surface area contributed by atoms with Crippen molar-refractivity contribution in [2.45, 2.75) is 12.5 Å². The van der Waals surface area contributed by atoms with E-state index in [9.17, 15) is 4.79 Å². The first-order chi connectivity index (χ1) is 7.24. The maximum absolute atomic E-state index is 11.4. The second-order valence-corrected chi connectivity index (χ2v) is 3.34. The maximum Gasteiger partial charge on any atom is 0.237 e. The van der Waals surface area contributed by atoms with E-state index < -0.39 is 6.04 Å². The molecule has 0 radical (unpaired) electrons. The molecule has 15 heavy (non-hydrogen) atoms. The van der Waals surface area contributed by atoms with Crippen molar-refractivity contribution in [1.82, 2.24) is 5.32 Å². The molecule has 0 aromatic heterocycles. The van der Waals surface area contributed by atoms with Gasteiger partial charge in [-0.3, -0.25) is 4.79 Å². The lowest BCUT2D eigenvalue weighted by Gasteiger charge is -2.12. The van der Waals surface area contributed by atoms with Crippen molar-refractivity contribution in [1.29, 1.82) is 0 Å². The van der Waals surface area contributed by atoms with Crippen LogP contribution in [0.5, 0.6) is 0 Å². The summed E-state index contributed by atoms with van der Waals surface area (Å²) in [5.74, 6) is -0.189. The topological polar surface area (TPSA) is 78.9 Å². The normalized spacial score (nSPS) is 12.1. The summed E-state index contributed by atoms with van der Waals surface area (Å²) in [6, 6.07) is 9.12. The number of amides is 1. The Morgan fingerprint density at radius 2 is 2.07 bits per heavy atom. The van der Waals surface area contributed by atoms with Crippen LogP contribution < -0.4 is 11.1 Å². The highest BCUT2D eigenvalue weighted by molar-refractivity contribution is 5.81. The lowest BCUT2D eigenvalue weighted by atomic mass is 10.1. The predicted octanol–water partition coefficient (Wildman–Crippen LogP) is 0.725.